The van der Waals surface area contributed by atoms with Gasteiger partial charge in [-0.3, -0.25) is 4.79 Å². The lowest BCUT2D eigenvalue weighted by Gasteiger charge is -2.17. The summed E-state index contributed by atoms with van der Waals surface area (Å²) in [5.41, 5.74) is 1.59. The molecule has 0 saturated heterocycles. The van der Waals surface area contributed by atoms with E-state index in [-0.39, 0.29) is 17.5 Å². The molecule has 0 bridgehead atoms. The van der Waals surface area contributed by atoms with E-state index in [0.29, 0.717) is 39.8 Å². The zero-order valence-corrected chi connectivity index (χ0v) is 18.4. The first-order chi connectivity index (χ1) is 15.5. The molecule has 3 heterocycles. The number of furan rings is 1. The summed E-state index contributed by atoms with van der Waals surface area (Å²) in [4.78, 5) is 17.7. The number of nitrogens with zero attached hydrogens (tertiary/aromatic N) is 4. The molecule has 1 aliphatic rings. The zero-order valence-electron chi connectivity index (χ0n) is 17.7. The number of rotatable bonds is 7. The van der Waals surface area contributed by atoms with Crippen molar-refractivity contribution in [2.45, 2.75) is 38.6 Å². The van der Waals surface area contributed by atoms with Gasteiger partial charge in [0.1, 0.15) is 11.7 Å². The second kappa shape index (κ2) is 8.27. The molecule has 9 heteroatoms. The third-order valence-electron chi connectivity index (χ3n) is 5.39. The lowest BCUT2D eigenvalue weighted by Crippen LogP contribution is -2.32. The molecule has 1 aromatic carbocycles. The largest absolute Gasteiger partial charge is 0.463 e. The molecule has 0 aliphatic heterocycles. The smallest absolute Gasteiger partial charge is 0.272 e. The Labute approximate surface area is 189 Å². The van der Waals surface area contributed by atoms with E-state index in [1.807, 2.05) is 32.0 Å². The van der Waals surface area contributed by atoms with E-state index in [0.717, 1.165) is 12.8 Å². The summed E-state index contributed by atoms with van der Waals surface area (Å²) in [5, 5.41) is 12.2. The van der Waals surface area contributed by atoms with Gasteiger partial charge in [0, 0.05) is 17.0 Å². The van der Waals surface area contributed by atoms with Gasteiger partial charge in [0.15, 0.2) is 17.3 Å². The molecule has 32 heavy (non-hydrogen) atoms. The molecule has 1 amide bonds. The summed E-state index contributed by atoms with van der Waals surface area (Å²) in [5.74, 6) is 1.79. The van der Waals surface area contributed by atoms with Crippen LogP contribution in [0.3, 0.4) is 0 Å². The molecule has 164 valence electrons. The number of aromatic nitrogens is 4. The average Bonchev–Trinajstić information content (AvgIpc) is 3.19. The number of benzene rings is 1. The summed E-state index contributed by atoms with van der Waals surface area (Å²) in [6.07, 6.45) is 3.73. The minimum Gasteiger partial charge on any atom is -0.463 e. The average molecular weight is 452 g/mol. The summed E-state index contributed by atoms with van der Waals surface area (Å²) in [6.45, 7) is 3.98. The molecule has 5 rings (SSSR count). The van der Waals surface area contributed by atoms with Crippen LogP contribution in [0.5, 0.6) is 0 Å². The number of hydrogen-bond donors (Lipinski definition) is 1. The van der Waals surface area contributed by atoms with Crippen LogP contribution in [0.15, 0.2) is 57.7 Å². The highest BCUT2D eigenvalue weighted by Crippen LogP contribution is 2.38. The molecule has 1 saturated carbocycles. The van der Waals surface area contributed by atoms with Crippen molar-refractivity contribution in [3.8, 4) is 17.1 Å². The third-order valence-corrected chi connectivity index (χ3v) is 5.62. The Morgan fingerprint density at radius 1 is 1.22 bits per heavy atom. The van der Waals surface area contributed by atoms with Gasteiger partial charge < -0.3 is 14.3 Å². The van der Waals surface area contributed by atoms with Gasteiger partial charge in [-0.15, -0.1) is 0 Å². The third kappa shape index (κ3) is 4.05. The number of hydrogen-bond acceptors (Lipinski definition) is 6. The van der Waals surface area contributed by atoms with Crippen LogP contribution in [-0.2, 0) is 0 Å². The summed E-state index contributed by atoms with van der Waals surface area (Å²) in [7, 11) is 0. The normalized spacial score (nSPS) is 14.6. The molecule has 1 N–H and O–H groups in total. The van der Waals surface area contributed by atoms with E-state index < -0.39 is 6.04 Å². The standard InChI is InChI=1S/C23H22ClN5O3/c1-13(2)20(23-26-21(28-32-23)14-8-9-14)25-22(30)17-12-18(19-7-4-10-31-19)29(27-17)16-6-3-5-15(24)11-16/h3-7,10-14,20H,8-9H2,1-2H3,(H,25,30). The Hall–Kier alpha value is -3.39. The minimum atomic E-state index is -0.425. The summed E-state index contributed by atoms with van der Waals surface area (Å²) >= 11 is 6.17. The molecule has 0 radical (unpaired) electrons. The highest BCUT2D eigenvalue weighted by atomic mass is 35.5. The maximum absolute atomic E-state index is 13.2. The number of amides is 1. The van der Waals surface area contributed by atoms with Crippen molar-refractivity contribution in [3.63, 3.8) is 0 Å². The molecule has 4 aromatic rings. The van der Waals surface area contributed by atoms with Gasteiger partial charge >= 0.3 is 0 Å². The highest BCUT2D eigenvalue weighted by molar-refractivity contribution is 6.30. The fraction of sp³-hybridized carbons (Fsp3) is 0.304. The van der Waals surface area contributed by atoms with Crippen molar-refractivity contribution in [1.82, 2.24) is 25.2 Å². The van der Waals surface area contributed by atoms with E-state index in [4.69, 9.17) is 20.5 Å². The van der Waals surface area contributed by atoms with Crippen LogP contribution in [0.1, 0.15) is 60.9 Å². The van der Waals surface area contributed by atoms with Crippen LogP contribution in [-0.4, -0.2) is 25.8 Å². The highest BCUT2D eigenvalue weighted by Gasteiger charge is 2.32. The van der Waals surface area contributed by atoms with E-state index >= 15 is 0 Å². The first-order valence-corrected chi connectivity index (χ1v) is 10.9. The molecule has 3 aromatic heterocycles. The number of carbonyl (C=O) groups is 1. The van der Waals surface area contributed by atoms with Crippen molar-refractivity contribution >= 4 is 17.5 Å². The Kier molecular flexibility index (Phi) is 5.30. The Morgan fingerprint density at radius 3 is 2.75 bits per heavy atom. The monoisotopic (exact) mass is 451 g/mol. The van der Waals surface area contributed by atoms with E-state index in [1.165, 1.54) is 0 Å². The molecule has 0 spiro atoms. The van der Waals surface area contributed by atoms with Crippen molar-refractivity contribution in [3.05, 3.63) is 71.2 Å². The lowest BCUT2D eigenvalue weighted by molar-refractivity contribution is 0.0908. The molecule has 1 unspecified atom stereocenters. The minimum absolute atomic E-state index is 0.0472. The second-order valence-electron chi connectivity index (χ2n) is 8.24. The van der Waals surface area contributed by atoms with Gasteiger partial charge in [-0.05, 0) is 49.1 Å². The van der Waals surface area contributed by atoms with Crippen molar-refractivity contribution in [1.29, 1.82) is 0 Å². The van der Waals surface area contributed by atoms with Crippen LogP contribution in [0.4, 0.5) is 0 Å². The Balaban J connectivity index is 1.46. The van der Waals surface area contributed by atoms with Crippen molar-refractivity contribution in [2.24, 2.45) is 5.92 Å². The number of carbonyl (C=O) groups excluding carboxylic acids is 1. The van der Waals surface area contributed by atoms with Gasteiger partial charge in [-0.2, -0.15) is 10.1 Å². The maximum atomic E-state index is 13.2. The van der Waals surface area contributed by atoms with Crippen molar-refractivity contribution < 1.29 is 13.7 Å². The summed E-state index contributed by atoms with van der Waals surface area (Å²) in [6, 6.07) is 12.1. The maximum Gasteiger partial charge on any atom is 0.272 e. The quantitative estimate of drug-likeness (QED) is 0.416. The van der Waals surface area contributed by atoms with Crippen LogP contribution < -0.4 is 5.32 Å². The van der Waals surface area contributed by atoms with Crippen LogP contribution >= 0.6 is 11.6 Å². The molecule has 1 atom stereocenters. The van der Waals surface area contributed by atoms with Gasteiger partial charge in [0.05, 0.1) is 12.0 Å². The van der Waals surface area contributed by atoms with E-state index in [9.17, 15) is 4.79 Å². The lowest BCUT2D eigenvalue weighted by atomic mass is 10.0. The zero-order chi connectivity index (χ0) is 22.2. The number of halogens is 1. The Morgan fingerprint density at radius 2 is 2.06 bits per heavy atom. The molecular weight excluding hydrogens is 430 g/mol. The molecule has 1 aliphatic carbocycles. The van der Waals surface area contributed by atoms with E-state index in [1.54, 1.807) is 35.2 Å². The Bertz CT molecular complexity index is 1240. The van der Waals surface area contributed by atoms with Gasteiger partial charge in [0.25, 0.3) is 5.91 Å². The first kappa shape index (κ1) is 20.5. The van der Waals surface area contributed by atoms with Crippen molar-refractivity contribution in [2.75, 3.05) is 0 Å². The van der Waals surface area contributed by atoms with Gasteiger partial charge in [0.2, 0.25) is 5.89 Å². The fourth-order valence-corrected chi connectivity index (χ4v) is 3.69. The molecule has 1 fully saturated rings. The summed E-state index contributed by atoms with van der Waals surface area (Å²) < 4.78 is 12.7. The topological polar surface area (TPSA) is 99.0 Å². The van der Waals surface area contributed by atoms with Crippen LogP contribution in [0.25, 0.3) is 17.1 Å². The SMILES string of the molecule is CC(C)C(NC(=O)c1cc(-c2ccco2)n(-c2cccc(Cl)c2)n1)c1nc(C2CC2)no1. The molecular formula is C23H22ClN5O3. The predicted octanol–water partition coefficient (Wildman–Crippen LogP) is 5.17. The van der Waals surface area contributed by atoms with E-state index in [2.05, 4.69) is 20.6 Å². The van der Waals surface area contributed by atoms with Gasteiger partial charge in [-0.1, -0.05) is 36.7 Å². The first-order valence-electron chi connectivity index (χ1n) is 10.5. The second-order valence-corrected chi connectivity index (χ2v) is 8.68. The van der Waals surface area contributed by atoms with Crippen LogP contribution in [0, 0.1) is 5.92 Å². The van der Waals surface area contributed by atoms with Crippen LogP contribution in [0.2, 0.25) is 5.02 Å². The molecule has 8 nitrogen and oxygen atoms in total. The van der Waals surface area contributed by atoms with Gasteiger partial charge in [-0.25, -0.2) is 4.68 Å². The predicted molar refractivity (Wildman–Crippen MR) is 118 cm³/mol. The number of nitrogens with one attached hydrogen (secondary N) is 1. The fourth-order valence-electron chi connectivity index (χ4n) is 3.51.